The minimum atomic E-state index is -0.214. The van der Waals surface area contributed by atoms with Gasteiger partial charge in [-0.25, -0.2) is 4.39 Å². The van der Waals surface area contributed by atoms with Crippen LogP contribution in [-0.2, 0) is 0 Å². The number of rotatable bonds is 3. The van der Waals surface area contributed by atoms with E-state index < -0.39 is 0 Å². The molecular weight excluding hydrogens is 203 g/mol. The Labute approximate surface area is 94.7 Å². The molecule has 0 saturated heterocycles. The monoisotopic (exact) mass is 220 g/mol. The number of aromatic amines is 1. The van der Waals surface area contributed by atoms with Crippen LogP contribution in [-0.4, -0.2) is 11.0 Å². The van der Waals surface area contributed by atoms with Crippen LogP contribution in [0.2, 0.25) is 0 Å². The van der Waals surface area contributed by atoms with E-state index in [4.69, 9.17) is 5.73 Å². The Morgan fingerprint density at radius 1 is 1.44 bits per heavy atom. The fraction of sp³-hybridized carbons (Fsp3) is 0.385. The van der Waals surface area contributed by atoms with Crippen LogP contribution in [0, 0.1) is 5.82 Å². The van der Waals surface area contributed by atoms with Gasteiger partial charge in [-0.15, -0.1) is 0 Å². The summed E-state index contributed by atoms with van der Waals surface area (Å²) in [5.41, 5.74) is 8.05. The van der Waals surface area contributed by atoms with Gasteiger partial charge in [-0.3, -0.25) is 0 Å². The van der Waals surface area contributed by atoms with Crippen LogP contribution in [0.1, 0.15) is 31.7 Å². The van der Waals surface area contributed by atoms with Gasteiger partial charge in [0.25, 0.3) is 0 Å². The van der Waals surface area contributed by atoms with Crippen LogP contribution in [0.25, 0.3) is 10.9 Å². The van der Waals surface area contributed by atoms with Gasteiger partial charge in [-0.2, -0.15) is 0 Å². The van der Waals surface area contributed by atoms with Gasteiger partial charge < -0.3 is 10.7 Å². The van der Waals surface area contributed by atoms with Crippen molar-refractivity contribution >= 4 is 10.9 Å². The number of nitrogens with one attached hydrogen (secondary N) is 1. The molecule has 1 heterocycles. The number of benzene rings is 1. The van der Waals surface area contributed by atoms with E-state index in [2.05, 4.69) is 18.8 Å². The fourth-order valence-electron chi connectivity index (χ4n) is 2.08. The highest BCUT2D eigenvalue weighted by atomic mass is 19.1. The Balaban J connectivity index is 2.45. The van der Waals surface area contributed by atoms with E-state index in [9.17, 15) is 4.39 Å². The Bertz CT molecular complexity index is 490. The van der Waals surface area contributed by atoms with Crippen molar-refractivity contribution in [3.05, 3.63) is 35.8 Å². The second kappa shape index (κ2) is 4.26. The summed E-state index contributed by atoms with van der Waals surface area (Å²) in [5, 5.41) is 1.07. The van der Waals surface area contributed by atoms with Crippen LogP contribution >= 0.6 is 0 Å². The third-order valence-electron chi connectivity index (χ3n) is 3.28. The van der Waals surface area contributed by atoms with E-state index >= 15 is 0 Å². The maximum Gasteiger partial charge on any atom is 0.125 e. The summed E-state index contributed by atoms with van der Waals surface area (Å²) in [6.45, 7) is 4.19. The van der Waals surface area contributed by atoms with E-state index in [1.54, 1.807) is 0 Å². The second-order valence-corrected chi connectivity index (χ2v) is 4.29. The highest BCUT2D eigenvalue weighted by Gasteiger charge is 2.16. The van der Waals surface area contributed by atoms with E-state index in [0.29, 0.717) is 0 Å². The highest BCUT2D eigenvalue weighted by molar-refractivity contribution is 5.83. The average molecular weight is 220 g/mol. The molecule has 0 aliphatic rings. The number of hydrogen-bond acceptors (Lipinski definition) is 1. The molecule has 0 spiro atoms. The summed E-state index contributed by atoms with van der Waals surface area (Å²) in [5.74, 6) is 0.0672. The van der Waals surface area contributed by atoms with Crippen LogP contribution in [0.3, 0.4) is 0 Å². The molecule has 2 nitrogen and oxygen atoms in total. The molecule has 1 aromatic heterocycles. The summed E-state index contributed by atoms with van der Waals surface area (Å²) in [6.07, 6.45) is 2.87. The Morgan fingerprint density at radius 3 is 2.88 bits per heavy atom. The molecule has 0 fully saturated rings. The number of fused-ring (bicyclic) bond motifs is 1. The molecule has 3 heteroatoms. The first-order valence-electron chi connectivity index (χ1n) is 5.65. The minimum absolute atomic E-state index is 0.143. The number of nitrogens with two attached hydrogens (primary N) is 1. The molecule has 0 unspecified atom stereocenters. The molecule has 0 amide bonds. The first kappa shape index (κ1) is 11.1. The number of hydrogen-bond donors (Lipinski definition) is 2. The molecule has 0 aliphatic heterocycles. The van der Waals surface area contributed by atoms with Gasteiger partial charge in [-0.1, -0.05) is 13.8 Å². The zero-order valence-corrected chi connectivity index (χ0v) is 9.63. The quantitative estimate of drug-likeness (QED) is 0.819. The maximum absolute atomic E-state index is 13.0. The molecule has 86 valence electrons. The van der Waals surface area contributed by atoms with Gasteiger partial charge in [-0.05, 0) is 36.1 Å². The molecule has 0 radical (unpaired) electrons. The zero-order chi connectivity index (χ0) is 11.7. The minimum Gasteiger partial charge on any atom is -0.361 e. The third-order valence-corrected chi connectivity index (χ3v) is 3.28. The van der Waals surface area contributed by atoms with Crippen molar-refractivity contribution < 1.29 is 4.39 Å². The predicted molar refractivity (Wildman–Crippen MR) is 64.9 cm³/mol. The molecule has 0 bridgehead atoms. The first-order chi connectivity index (χ1) is 7.63. The van der Waals surface area contributed by atoms with Crippen LogP contribution < -0.4 is 5.73 Å². The van der Waals surface area contributed by atoms with E-state index in [0.717, 1.165) is 17.3 Å². The van der Waals surface area contributed by atoms with Crippen molar-refractivity contribution in [2.45, 2.75) is 32.2 Å². The summed E-state index contributed by atoms with van der Waals surface area (Å²) in [4.78, 5) is 3.09. The van der Waals surface area contributed by atoms with E-state index in [-0.39, 0.29) is 17.8 Å². The van der Waals surface area contributed by atoms with Crippen LogP contribution in [0.15, 0.2) is 24.4 Å². The predicted octanol–water partition coefficient (Wildman–Crippen LogP) is 3.15. The molecule has 16 heavy (non-hydrogen) atoms. The topological polar surface area (TPSA) is 41.8 Å². The lowest BCUT2D eigenvalue weighted by Crippen LogP contribution is -2.25. The molecule has 1 aromatic carbocycles. The lowest BCUT2D eigenvalue weighted by atomic mass is 9.92. The van der Waals surface area contributed by atoms with Gasteiger partial charge in [0.2, 0.25) is 0 Å². The lowest BCUT2D eigenvalue weighted by Gasteiger charge is -2.17. The van der Waals surface area contributed by atoms with Gasteiger partial charge in [0.1, 0.15) is 5.82 Å². The van der Waals surface area contributed by atoms with Gasteiger partial charge in [0, 0.05) is 23.1 Å². The van der Waals surface area contributed by atoms with Crippen LogP contribution in [0.5, 0.6) is 0 Å². The van der Waals surface area contributed by atoms with Crippen molar-refractivity contribution in [2.75, 3.05) is 0 Å². The van der Waals surface area contributed by atoms with Crippen molar-refractivity contribution in [1.29, 1.82) is 0 Å². The Kier molecular flexibility index (Phi) is 2.97. The first-order valence-corrected chi connectivity index (χ1v) is 5.65. The Hall–Kier alpha value is -1.35. The molecule has 0 saturated carbocycles. The number of aromatic nitrogens is 1. The Morgan fingerprint density at radius 2 is 2.19 bits per heavy atom. The lowest BCUT2D eigenvalue weighted by molar-refractivity contribution is 0.554. The van der Waals surface area contributed by atoms with Crippen LogP contribution in [0.4, 0.5) is 4.39 Å². The van der Waals surface area contributed by atoms with E-state index in [1.807, 2.05) is 12.3 Å². The standard InChI is InChI=1S/C13H17FN2/c1-3-12(15)8(2)11-7-16-13-6-9(14)4-5-10(11)13/h4-8,12,16H,3,15H2,1-2H3/t8-,12+/m1/s1. The normalized spacial score (nSPS) is 15.2. The SMILES string of the molecule is CC[C@H](N)[C@H](C)c1c[nH]c2cc(F)ccc12. The fourth-order valence-corrected chi connectivity index (χ4v) is 2.08. The second-order valence-electron chi connectivity index (χ2n) is 4.29. The summed E-state index contributed by atoms with van der Waals surface area (Å²) in [7, 11) is 0. The van der Waals surface area contributed by atoms with Gasteiger partial charge in [0.15, 0.2) is 0 Å². The molecule has 2 aromatic rings. The van der Waals surface area contributed by atoms with E-state index in [1.165, 1.54) is 17.7 Å². The molecule has 2 atom stereocenters. The van der Waals surface area contributed by atoms with Crippen molar-refractivity contribution in [2.24, 2.45) is 5.73 Å². The van der Waals surface area contributed by atoms with Crippen molar-refractivity contribution in [1.82, 2.24) is 4.98 Å². The van der Waals surface area contributed by atoms with Crippen molar-refractivity contribution in [3.63, 3.8) is 0 Å². The molecule has 3 N–H and O–H groups in total. The highest BCUT2D eigenvalue weighted by Crippen LogP contribution is 2.28. The number of halogens is 1. The number of H-pyrrole nitrogens is 1. The van der Waals surface area contributed by atoms with Gasteiger partial charge in [0.05, 0.1) is 0 Å². The summed E-state index contributed by atoms with van der Waals surface area (Å²) in [6, 6.07) is 4.96. The molecular formula is C13H17FN2. The average Bonchev–Trinajstić information content (AvgIpc) is 2.69. The summed E-state index contributed by atoms with van der Waals surface area (Å²) >= 11 is 0. The molecule has 0 aliphatic carbocycles. The smallest absolute Gasteiger partial charge is 0.125 e. The summed E-state index contributed by atoms with van der Waals surface area (Å²) < 4.78 is 13.0. The third kappa shape index (κ3) is 1.83. The largest absolute Gasteiger partial charge is 0.361 e. The van der Waals surface area contributed by atoms with Gasteiger partial charge >= 0.3 is 0 Å². The zero-order valence-electron chi connectivity index (χ0n) is 9.63. The maximum atomic E-state index is 13.0. The van der Waals surface area contributed by atoms with Crippen molar-refractivity contribution in [3.8, 4) is 0 Å². The molecule has 2 rings (SSSR count).